The molecule has 0 atom stereocenters. The highest BCUT2D eigenvalue weighted by molar-refractivity contribution is 7.80. The molecule has 0 fully saturated rings. The van der Waals surface area contributed by atoms with Crippen molar-refractivity contribution >= 4 is 40.3 Å². The Balaban J connectivity index is 2.13. The van der Waals surface area contributed by atoms with Gasteiger partial charge in [-0.1, -0.05) is 23.7 Å². The number of halogens is 2. The molecule has 2 aromatic carbocycles. The fourth-order valence-corrected chi connectivity index (χ4v) is 2.13. The highest BCUT2D eigenvalue weighted by Gasteiger charge is 2.05. The molecule has 0 aliphatic carbocycles. The van der Waals surface area contributed by atoms with Crippen molar-refractivity contribution < 1.29 is 4.39 Å². The Morgan fingerprint density at radius 1 is 1.00 bits per heavy atom. The highest BCUT2D eigenvalue weighted by atomic mass is 35.5. The quantitative estimate of drug-likeness (QED) is 0.771. The van der Waals surface area contributed by atoms with Crippen molar-refractivity contribution in [2.75, 3.05) is 10.6 Å². The van der Waals surface area contributed by atoms with E-state index in [2.05, 4.69) is 10.6 Å². The van der Waals surface area contributed by atoms with Gasteiger partial charge in [-0.2, -0.15) is 0 Å². The zero-order valence-corrected chi connectivity index (χ0v) is 12.7. The molecule has 0 aliphatic heterocycles. The van der Waals surface area contributed by atoms with E-state index in [1.807, 2.05) is 26.0 Å². The van der Waals surface area contributed by atoms with Crippen LogP contribution in [-0.2, 0) is 0 Å². The van der Waals surface area contributed by atoms with Crippen LogP contribution in [-0.4, -0.2) is 5.11 Å². The fourth-order valence-electron chi connectivity index (χ4n) is 1.73. The van der Waals surface area contributed by atoms with Gasteiger partial charge in [-0.15, -0.1) is 0 Å². The van der Waals surface area contributed by atoms with Gasteiger partial charge < -0.3 is 10.6 Å². The minimum absolute atomic E-state index is 0.306. The summed E-state index contributed by atoms with van der Waals surface area (Å²) >= 11 is 11.2. The molecule has 0 heterocycles. The van der Waals surface area contributed by atoms with Crippen LogP contribution in [0.15, 0.2) is 36.4 Å². The predicted molar refractivity (Wildman–Crippen MR) is 87.2 cm³/mol. The Labute approximate surface area is 128 Å². The largest absolute Gasteiger partial charge is 0.332 e. The van der Waals surface area contributed by atoms with Crippen LogP contribution in [0.2, 0.25) is 5.02 Å². The molecule has 0 amide bonds. The molecule has 0 saturated carbocycles. The molecule has 5 heteroatoms. The monoisotopic (exact) mass is 308 g/mol. The van der Waals surface area contributed by atoms with E-state index in [9.17, 15) is 4.39 Å². The lowest BCUT2D eigenvalue weighted by Gasteiger charge is -2.14. The minimum atomic E-state index is -0.306. The molecule has 2 aromatic rings. The van der Waals surface area contributed by atoms with Crippen LogP contribution in [0.3, 0.4) is 0 Å². The first-order valence-electron chi connectivity index (χ1n) is 6.06. The van der Waals surface area contributed by atoms with Crippen LogP contribution in [0.5, 0.6) is 0 Å². The molecule has 0 radical (unpaired) electrons. The smallest absolute Gasteiger partial charge is 0.175 e. The van der Waals surface area contributed by atoms with Crippen molar-refractivity contribution in [2.45, 2.75) is 13.8 Å². The van der Waals surface area contributed by atoms with E-state index in [-0.39, 0.29) is 5.82 Å². The Kier molecular flexibility index (Phi) is 4.57. The second-order valence-corrected chi connectivity index (χ2v) is 5.34. The van der Waals surface area contributed by atoms with Crippen molar-refractivity contribution in [2.24, 2.45) is 0 Å². The average Bonchev–Trinajstić information content (AvgIpc) is 2.38. The topological polar surface area (TPSA) is 24.1 Å². The molecule has 0 aromatic heterocycles. The second-order valence-electron chi connectivity index (χ2n) is 4.50. The molecule has 20 heavy (non-hydrogen) atoms. The summed E-state index contributed by atoms with van der Waals surface area (Å²) in [5.74, 6) is -0.306. The number of hydrogen-bond acceptors (Lipinski definition) is 1. The van der Waals surface area contributed by atoms with Crippen LogP contribution in [0, 0.1) is 19.7 Å². The highest BCUT2D eigenvalue weighted by Crippen LogP contribution is 2.21. The Bertz CT molecular complexity index is 603. The van der Waals surface area contributed by atoms with Gasteiger partial charge in [0.15, 0.2) is 5.11 Å². The van der Waals surface area contributed by atoms with Gasteiger partial charge in [0.2, 0.25) is 0 Å². The predicted octanol–water partition coefficient (Wildman–Crippen LogP) is 4.90. The molecule has 0 spiro atoms. The molecule has 0 bridgehead atoms. The lowest BCUT2D eigenvalue weighted by molar-refractivity contribution is 0.628. The molecule has 0 saturated heterocycles. The van der Waals surface area contributed by atoms with Gasteiger partial charge in [-0.05, 0) is 61.5 Å². The number of nitrogens with one attached hydrogen (secondary N) is 2. The number of benzene rings is 2. The summed E-state index contributed by atoms with van der Waals surface area (Å²) in [5.41, 5.74) is 3.40. The zero-order chi connectivity index (χ0) is 14.7. The summed E-state index contributed by atoms with van der Waals surface area (Å²) in [5, 5.41) is 7.06. The molecule has 0 unspecified atom stereocenters. The number of thiocarbonyl (C=S) groups is 1. The van der Waals surface area contributed by atoms with Crippen LogP contribution < -0.4 is 10.6 Å². The zero-order valence-electron chi connectivity index (χ0n) is 11.1. The van der Waals surface area contributed by atoms with Gasteiger partial charge in [-0.25, -0.2) is 4.39 Å². The van der Waals surface area contributed by atoms with Gasteiger partial charge in [0.1, 0.15) is 5.82 Å². The summed E-state index contributed by atoms with van der Waals surface area (Å²) in [6, 6.07) is 10.0. The summed E-state index contributed by atoms with van der Waals surface area (Å²) < 4.78 is 13.2. The van der Waals surface area contributed by atoms with E-state index in [4.69, 9.17) is 23.8 Å². The lowest BCUT2D eigenvalue weighted by atomic mass is 10.2. The summed E-state index contributed by atoms with van der Waals surface area (Å²) in [6.45, 7) is 3.84. The minimum Gasteiger partial charge on any atom is -0.332 e. The van der Waals surface area contributed by atoms with Gasteiger partial charge >= 0.3 is 0 Å². The number of anilines is 2. The SMILES string of the molecule is Cc1ccc(F)cc1NC(=S)Nc1cc(Cl)ccc1C. The molecule has 2 N–H and O–H groups in total. The van der Waals surface area contributed by atoms with Crippen LogP contribution >= 0.6 is 23.8 Å². The Morgan fingerprint density at radius 3 is 2.20 bits per heavy atom. The van der Waals surface area contributed by atoms with E-state index in [0.29, 0.717) is 15.8 Å². The second kappa shape index (κ2) is 6.20. The van der Waals surface area contributed by atoms with Crippen LogP contribution in [0.4, 0.5) is 15.8 Å². The van der Waals surface area contributed by atoms with Gasteiger partial charge in [0.05, 0.1) is 0 Å². The van der Waals surface area contributed by atoms with Crippen molar-refractivity contribution in [3.8, 4) is 0 Å². The van der Waals surface area contributed by atoms with Crippen molar-refractivity contribution in [3.63, 3.8) is 0 Å². The van der Waals surface area contributed by atoms with Crippen molar-refractivity contribution in [1.82, 2.24) is 0 Å². The third kappa shape index (κ3) is 3.68. The summed E-state index contributed by atoms with van der Waals surface area (Å²) in [7, 11) is 0. The van der Waals surface area contributed by atoms with E-state index in [1.54, 1.807) is 12.1 Å². The molecule has 2 nitrogen and oxygen atoms in total. The molecule has 104 valence electrons. The van der Waals surface area contributed by atoms with Crippen molar-refractivity contribution in [1.29, 1.82) is 0 Å². The number of aryl methyl sites for hydroxylation is 2. The molecule has 2 rings (SSSR count). The van der Waals surface area contributed by atoms with Gasteiger partial charge in [0, 0.05) is 16.4 Å². The van der Waals surface area contributed by atoms with Gasteiger partial charge in [-0.3, -0.25) is 0 Å². The van der Waals surface area contributed by atoms with Crippen LogP contribution in [0.1, 0.15) is 11.1 Å². The van der Waals surface area contributed by atoms with E-state index < -0.39 is 0 Å². The van der Waals surface area contributed by atoms with E-state index in [1.165, 1.54) is 12.1 Å². The number of hydrogen-bond donors (Lipinski definition) is 2. The van der Waals surface area contributed by atoms with Crippen LogP contribution in [0.25, 0.3) is 0 Å². The maximum atomic E-state index is 13.2. The molecule has 0 aliphatic rings. The normalized spacial score (nSPS) is 10.2. The number of rotatable bonds is 2. The first-order chi connectivity index (χ1) is 9.45. The Hall–Kier alpha value is -1.65. The van der Waals surface area contributed by atoms with E-state index >= 15 is 0 Å². The van der Waals surface area contributed by atoms with E-state index in [0.717, 1.165) is 16.8 Å². The maximum absolute atomic E-state index is 13.2. The fraction of sp³-hybridized carbons (Fsp3) is 0.133. The maximum Gasteiger partial charge on any atom is 0.175 e. The third-order valence-electron chi connectivity index (χ3n) is 2.90. The molecular formula is C15H14ClFN2S. The summed E-state index contributed by atoms with van der Waals surface area (Å²) in [4.78, 5) is 0. The average molecular weight is 309 g/mol. The first kappa shape index (κ1) is 14.8. The Morgan fingerprint density at radius 2 is 1.55 bits per heavy atom. The standard InChI is InChI=1S/C15H14ClFN2S/c1-9-3-5-11(16)7-13(9)18-15(20)19-14-8-12(17)6-4-10(14)2/h3-8H,1-2H3,(H2,18,19,20). The van der Waals surface area contributed by atoms with Gasteiger partial charge in [0.25, 0.3) is 0 Å². The molecular weight excluding hydrogens is 295 g/mol. The third-order valence-corrected chi connectivity index (χ3v) is 3.33. The summed E-state index contributed by atoms with van der Waals surface area (Å²) in [6.07, 6.45) is 0. The lowest BCUT2D eigenvalue weighted by Crippen LogP contribution is -2.20. The van der Waals surface area contributed by atoms with Crippen molar-refractivity contribution in [3.05, 3.63) is 58.4 Å². The first-order valence-corrected chi connectivity index (χ1v) is 6.84.